The number of imidazole rings is 1. The van der Waals surface area contributed by atoms with Crippen molar-refractivity contribution in [3.05, 3.63) is 65.7 Å². The smallest absolute Gasteiger partial charge is 0.276 e. The van der Waals surface area contributed by atoms with Crippen molar-refractivity contribution in [2.24, 2.45) is 0 Å². The maximum Gasteiger partial charge on any atom is 0.276 e. The van der Waals surface area contributed by atoms with Crippen molar-refractivity contribution < 1.29 is 9.59 Å². The summed E-state index contributed by atoms with van der Waals surface area (Å²) < 4.78 is 2.05. The number of aromatic nitrogens is 2. The number of ketones is 1. The molecule has 0 spiro atoms. The molecule has 0 aliphatic heterocycles. The number of nitrogens with one attached hydrogen (secondary N) is 1. The summed E-state index contributed by atoms with van der Waals surface area (Å²) in [6.45, 7) is 1.51. The summed E-state index contributed by atoms with van der Waals surface area (Å²) in [5.41, 5.74) is 2.43. The molecule has 0 unspecified atom stereocenters. The molecule has 1 saturated carbocycles. The first-order valence-corrected chi connectivity index (χ1v) is 9.53. The van der Waals surface area contributed by atoms with Gasteiger partial charge in [0.05, 0.1) is 5.52 Å². The number of amides is 1. The molecular formula is C22H23N3O2. The lowest BCUT2D eigenvalue weighted by molar-refractivity contribution is 0.101. The van der Waals surface area contributed by atoms with Gasteiger partial charge < -0.3 is 9.72 Å². The lowest BCUT2D eigenvalue weighted by Gasteiger charge is -2.20. The maximum atomic E-state index is 12.9. The number of Topliss-reactive ketones (excluding diaryl/α,β-unsaturated/α-hetero) is 1. The topological polar surface area (TPSA) is 63.5 Å². The number of hydrogen-bond donors (Lipinski definition) is 1. The number of benzene rings is 1. The predicted molar refractivity (Wildman–Crippen MR) is 105 cm³/mol. The maximum absolute atomic E-state index is 12.9. The van der Waals surface area contributed by atoms with Gasteiger partial charge in [0, 0.05) is 23.4 Å². The number of carbonyl (C=O) groups excluding carboxylic acids is 2. The van der Waals surface area contributed by atoms with Crippen molar-refractivity contribution in [1.82, 2.24) is 9.38 Å². The van der Waals surface area contributed by atoms with Gasteiger partial charge >= 0.3 is 0 Å². The molecule has 0 bridgehead atoms. The zero-order chi connectivity index (χ0) is 18.8. The molecule has 1 aliphatic rings. The van der Waals surface area contributed by atoms with Gasteiger partial charge in [-0.05, 0) is 44.0 Å². The van der Waals surface area contributed by atoms with Crippen molar-refractivity contribution in [3.8, 4) is 0 Å². The Kier molecular flexibility index (Phi) is 4.75. The molecule has 1 amide bonds. The largest absolute Gasteiger partial charge is 0.321 e. The molecule has 4 rings (SSSR count). The van der Waals surface area contributed by atoms with E-state index < -0.39 is 0 Å². The molecule has 1 N–H and O–H groups in total. The standard InChI is InChI=1S/C22H23N3O2/c1-15(26)17-10-7-11-18(14-17)23-22(27)20-19-12-5-6-13-25(19)21(24-20)16-8-3-2-4-9-16/h5-7,10-14,16H,2-4,8-9H2,1H3,(H,23,27). The molecule has 138 valence electrons. The molecule has 0 atom stereocenters. The van der Waals surface area contributed by atoms with E-state index in [9.17, 15) is 9.59 Å². The van der Waals surface area contributed by atoms with E-state index >= 15 is 0 Å². The molecule has 1 aliphatic carbocycles. The lowest BCUT2D eigenvalue weighted by atomic mass is 9.89. The van der Waals surface area contributed by atoms with Gasteiger partial charge in [-0.3, -0.25) is 9.59 Å². The number of carbonyl (C=O) groups is 2. The van der Waals surface area contributed by atoms with Crippen LogP contribution in [0.25, 0.3) is 5.52 Å². The Morgan fingerprint density at radius 2 is 1.89 bits per heavy atom. The zero-order valence-electron chi connectivity index (χ0n) is 15.4. The number of hydrogen-bond acceptors (Lipinski definition) is 3. The van der Waals surface area contributed by atoms with Crippen LogP contribution < -0.4 is 5.32 Å². The molecule has 0 radical (unpaired) electrons. The van der Waals surface area contributed by atoms with Gasteiger partial charge in [0.15, 0.2) is 11.5 Å². The molecule has 0 saturated heterocycles. The van der Waals surface area contributed by atoms with Gasteiger partial charge in [-0.2, -0.15) is 0 Å². The van der Waals surface area contributed by atoms with Crippen LogP contribution in [0, 0.1) is 0 Å². The summed E-state index contributed by atoms with van der Waals surface area (Å²) in [5.74, 6) is 1.10. The minimum atomic E-state index is -0.249. The van der Waals surface area contributed by atoms with Gasteiger partial charge in [-0.15, -0.1) is 0 Å². The van der Waals surface area contributed by atoms with Gasteiger partial charge in [-0.1, -0.05) is 37.5 Å². The number of pyridine rings is 1. The van der Waals surface area contributed by atoms with E-state index in [4.69, 9.17) is 4.98 Å². The van der Waals surface area contributed by atoms with E-state index in [0.29, 0.717) is 22.9 Å². The second kappa shape index (κ2) is 7.35. The first kappa shape index (κ1) is 17.5. The Morgan fingerprint density at radius 1 is 1.07 bits per heavy atom. The van der Waals surface area contributed by atoms with E-state index in [1.807, 2.05) is 24.4 Å². The minimum Gasteiger partial charge on any atom is -0.321 e. The van der Waals surface area contributed by atoms with Crippen molar-refractivity contribution in [2.45, 2.75) is 44.9 Å². The molecular weight excluding hydrogens is 338 g/mol. The number of fused-ring (bicyclic) bond motifs is 1. The van der Waals surface area contributed by atoms with Gasteiger partial charge in [0.2, 0.25) is 0 Å². The third-order valence-corrected chi connectivity index (χ3v) is 5.29. The summed E-state index contributed by atoms with van der Waals surface area (Å²) >= 11 is 0. The first-order chi connectivity index (χ1) is 13.1. The monoisotopic (exact) mass is 361 g/mol. The fourth-order valence-electron chi connectivity index (χ4n) is 3.88. The Morgan fingerprint density at radius 3 is 2.67 bits per heavy atom. The first-order valence-electron chi connectivity index (χ1n) is 9.53. The fraction of sp³-hybridized carbons (Fsp3) is 0.318. The summed E-state index contributed by atoms with van der Waals surface area (Å²) in [4.78, 5) is 29.3. The summed E-state index contributed by atoms with van der Waals surface area (Å²) in [5, 5.41) is 2.89. The SMILES string of the molecule is CC(=O)c1cccc(NC(=O)c2nc(C3CCCCC3)n3ccccc23)c1. The number of anilines is 1. The number of rotatable bonds is 4. The Labute approximate surface area is 158 Å². The fourth-order valence-corrected chi connectivity index (χ4v) is 3.88. The van der Waals surface area contributed by atoms with E-state index in [1.54, 1.807) is 24.3 Å². The molecule has 2 aromatic heterocycles. The molecule has 5 heteroatoms. The molecule has 1 aromatic carbocycles. The average Bonchev–Trinajstić information content (AvgIpc) is 3.09. The molecule has 27 heavy (non-hydrogen) atoms. The minimum absolute atomic E-state index is 0.0295. The Hall–Kier alpha value is -2.95. The quantitative estimate of drug-likeness (QED) is 0.677. The van der Waals surface area contributed by atoms with Gasteiger partial charge in [0.25, 0.3) is 5.91 Å². The second-order valence-electron chi connectivity index (χ2n) is 7.20. The van der Waals surface area contributed by atoms with Crippen LogP contribution in [-0.4, -0.2) is 21.1 Å². The predicted octanol–water partition coefficient (Wildman–Crippen LogP) is 4.84. The Bertz CT molecular complexity index is 1000. The van der Waals surface area contributed by atoms with Crippen molar-refractivity contribution in [1.29, 1.82) is 0 Å². The van der Waals surface area contributed by atoms with E-state index in [2.05, 4.69) is 9.72 Å². The van der Waals surface area contributed by atoms with Crippen LogP contribution in [0.5, 0.6) is 0 Å². The highest BCUT2D eigenvalue weighted by atomic mass is 16.2. The highest BCUT2D eigenvalue weighted by Gasteiger charge is 2.24. The summed E-state index contributed by atoms with van der Waals surface area (Å²) in [7, 11) is 0. The highest BCUT2D eigenvalue weighted by molar-refractivity contribution is 6.08. The third-order valence-electron chi connectivity index (χ3n) is 5.29. The van der Waals surface area contributed by atoms with Crippen molar-refractivity contribution in [3.63, 3.8) is 0 Å². The van der Waals surface area contributed by atoms with Crippen LogP contribution in [0.1, 0.15) is 71.6 Å². The number of nitrogens with zero attached hydrogens (tertiary/aromatic N) is 2. The van der Waals surface area contributed by atoms with Crippen LogP contribution >= 0.6 is 0 Å². The molecule has 1 fully saturated rings. The van der Waals surface area contributed by atoms with Crippen LogP contribution in [0.2, 0.25) is 0 Å². The van der Waals surface area contributed by atoms with Gasteiger partial charge in [0.1, 0.15) is 5.82 Å². The third kappa shape index (κ3) is 3.50. The van der Waals surface area contributed by atoms with E-state index in [1.165, 1.54) is 26.2 Å². The lowest BCUT2D eigenvalue weighted by Crippen LogP contribution is -2.13. The summed E-state index contributed by atoms with van der Waals surface area (Å²) in [6, 6.07) is 12.8. The van der Waals surface area contributed by atoms with Crippen LogP contribution in [0.3, 0.4) is 0 Å². The van der Waals surface area contributed by atoms with E-state index in [-0.39, 0.29) is 11.7 Å². The molecule has 2 heterocycles. The summed E-state index contributed by atoms with van der Waals surface area (Å²) in [6.07, 6.45) is 7.93. The zero-order valence-corrected chi connectivity index (χ0v) is 15.4. The Balaban J connectivity index is 1.67. The van der Waals surface area contributed by atoms with Gasteiger partial charge in [-0.25, -0.2) is 4.98 Å². The van der Waals surface area contributed by atoms with E-state index in [0.717, 1.165) is 24.2 Å². The van der Waals surface area contributed by atoms with Crippen molar-refractivity contribution >= 4 is 22.9 Å². The van der Waals surface area contributed by atoms with Crippen LogP contribution in [-0.2, 0) is 0 Å². The van der Waals surface area contributed by atoms with Crippen LogP contribution in [0.15, 0.2) is 48.7 Å². The average molecular weight is 361 g/mol. The van der Waals surface area contributed by atoms with Crippen molar-refractivity contribution in [2.75, 3.05) is 5.32 Å². The molecule has 3 aromatic rings. The van der Waals surface area contributed by atoms with Crippen LogP contribution in [0.4, 0.5) is 5.69 Å². The molecule has 5 nitrogen and oxygen atoms in total. The normalized spacial score (nSPS) is 15.0. The second-order valence-corrected chi connectivity index (χ2v) is 7.20. The highest BCUT2D eigenvalue weighted by Crippen LogP contribution is 2.33.